The van der Waals surface area contributed by atoms with Crippen LogP contribution in [0.5, 0.6) is 11.5 Å². The molecule has 1 saturated carbocycles. The van der Waals surface area contributed by atoms with E-state index in [0.29, 0.717) is 42.6 Å². The summed E-state index contributed by atoms with van der Waals surface area (Å²) in [7, 11) is 0. The number of halogens is 1. The maximum absolute atomic E-state index is 11.4. The van der Waals surface area contributed by atoms with Gasteiger partial charge in [-0.15, -0.1) is 0 Å². The molecule has 1 fully saturated rings. The maximum Gasteiger partial charge on any atom is 0.314 e. The monoisotopic (exact) mass is 268 g/mol. The number of aliphatic carboxylic acids is 1. The highest BCUT2D eigenvalue weighted by atomic mass is 35.5. The van der Waals surface area contributed by atoms with Gasteiger partial charge in [-0.1, -0.05) is 11.6 Å². The van der Waals surface area contributed by atoms with Gasteiger partial charge in [0.05, 0.1) is 10.4 Å². The van der Waals surface area contributed by atoms with Crippen LogP contribution in [0.3, 0.4) is 0 Å². The van der Waals surface area contributed by atoms with Crippen LogP contribution in [0.15, 0.2) is 6.07 Å². The number of carboxylic acids is 1. The van der Waals surface area contributed by atoms with Crippen molar-refractivity contribution in [3.05, 3.63) is 22.2 Å². The van der Waals surface area contributed by atoms with Crippen LogP contribution in [0.2, 0.25) is 5.02 Å². The Hall–Kier alpha value is -1.42. The van der Waals surface area contributed by atoms with Gasteiger partial charge in [0.2, 0.25) is 0 Å². The van der Waals surface area contributed by atoms with Gasteiger partial charge in [0.15, 0.2) is 11.5 Å². The van der Waals surface area contributed by atoms with Crippen LogP contribution in [-0.4, -0.2) is 24.3 Å². The Morgan fingerprint density at radius 3 is 2.50 bits per heavy atom. The molecule has 4 nitrogen and oxygen atoms in total. The summed E-state index contributed by atoms with van der Waals surface area (Å²) < 4.78 is 11.1. The van der Waals surface area contributed by atoms with Crippen molar-refractivity contribution < 1.29 is 19.4 Å². The highest BCUT2D eigenvalue weighted by molar-refractivity contribution is 6.32. The second-order valence-corrected chi connectivity index (χ2v) is 5.18. The third-order valence-electron chi connectivity index (χ3n) is 3.69. The van der Waals surface area contributed by atoms with Crippen molar-refractivity contribution in [2.45, 2.75) is 25.2 Å². The van der Waals surface area contributed by atoms with Crippen LogP contribution in [-0.2, 0) is 10.2 Å². The van der Waals surface area contributed by atoms with Gasteiger partial charge in [-0.2, -0.15) is 0 Å². The third-order valence-corrected chi connectivity index (χ3v) is 3.97. The number of benzene rings is 1. The standard InChI is InChI=1S/C13H13ClO4/c1-7-8(13(2-3-13)12(15)16)6-9(14)11-10(7)17-4-5-18-11/h6H,2-5H2,1H3,(H,15,16). The molecule has 1 aromatic carbocycles. The summed E-state index contributed by atoms with van der Waals surface area (Å²) in [6.07, 6.45) is 1.30. The van der Waals surface area contributed by atoms with E-state index in [1.165, 1.54) is 0 Å². The average Bonchev–Trinajstić information content (AvgIpc) is 3.15. The fourth-order valence-corrected chi connectivity index (χ4v) is 2.77. The fraction of sp³-hybridized carbons (Fsp3) is 0.462. The smallest absolute Gasteiger partial charge is 0.314 e. The molecule has 5 heteroatoms. The number of hydrogen-bond acceptors (Lipinski definition) is 3. The van der Waals surface area contributed by atoms with Gasteiger partial charge in [0.1, 0.15) is 13.2 Å². The van der Waals surface area contributed by atoms with Crippen molar-refractivity contribution in [2.24, 2.45) is 0 Å². The van der Waals surface area contributed by atoms with E-state index in [2.05, 4.69) is 0 Å². The normalized spacial score (nSPS) is 19.4. The second-order valence-electron chi connectivity index (χ2n) is 4.77. The molecule has 96 valence electrons. The maximum atomic E-state index is 11.4. The van der Waals surface area contributed by atoms with Gasteiger partial charge in [-0.3, -0.25) is 4.79 Å². The summed E-state index contributed by atoms with van der Waals surface area (Å²) in [5.41, 5.74) is 0.807. The van der Waals surface area contributed by atoms with Crippen LogP contribution < -0.4 is 9.47 Å². The highest BCUT2D eigenvalue weighted by Gasteiger charge is 2.53. The topological polar surface area (TPSA) is 55.8 Å². The number of carbonyl (C=O) groups is 1. The lowest BCUT2D eigenvalue weighted by molar-refractivity contribution is -0.140. The number of carboxylic acid groups (broad SMARTS) is 1. The lowest BCUT2D eigenvalue weighted by atomic mass is 9.91. The minimum atomic E-state index is -0.793. The minimum absolute atomic E-state index is 0.429. The molecule has 0 bridgehead atoms. The summed E-state index contributed by atoms with van der Waals surface area (Å²) in [6, 6.07) is 1.71. The van der Waals surface area contributed by atoms with Gasteiger partial charge in [-0.05, 0) is 37.0 Å². The molecule has 0 atom stereocenters. The lowest BCUT2D eigenvalue weighted by Gasteiger charge is -2.24. The molecule has 3 rings (SSSR count). The molecular weight excluding hydrogens is 256 g/mol. The first-order valence-corrected chi connectivity index (χ1v) is 6.26. The SMILES string of the molecule is Cc1c(C2(C(=O)O)CC2)cc(Cl)c2c1OCCO2. The van der Waals surface area contributed by atoms with Crippen molar-refractivity contribution in [2.75, 3.05) is 13.2 Å². The largest absolute Gasteiger partial charge is 0.486 e. The number of rotatable bonds is 2. The van der Waals surface area contributed by atoms with E-state index < -0.39 is 11.4 Å². The predicted octanol–water partition coefficient (Wildman–Crippen LogP) is 2.54. The molecule has 0 radical (unpaired) electrons. The molecule has 0 saturated heterocycles. The van der Waals surface area contributed by atoms with E-state index in [-0.39, 0.29) is 0 Å². The highest BCUT2D eigenvalue weighted by Crippen LogP contribution is 2.54. The first kappa shape index (κ1) is 11.7. The van der Waals surface area contributed by atoms with E-state index in [9.17, 15) is 9.90 Å². The number of ether oxygens (including phenoxy) is 2. The van der Waals surface area contributed by atoms with Gasteiger partial charge >= 0.3 is 5.97 Å². The van der Waals surface area contributed by atoms with Crippen molar-refractivity contribution in [3.63, 3.8) is 0 Å². The molecule has 0 amide bonds. The fourth-order valence-electron chi connectivity index (χ4n) is 2.52. The van der Waals surface area contributed by atoms with Crippen molar-refractivity contribution >= 4 is 17.6 Å². The van der Waals surface area contributed by atoms with E-state index in [4.69, 9.17) is 21.1 Å². The predicted molar refractivity (Wildman–Crippen MR) is 65.7 cm³/mol. The van der Waals surface area contributed by atoms with E-state index >= 15 is 0 Å². The molecule has 0 spiro atoms. The third kappa shape index (κ3) is 1.48. The molecule has 1 heterocycles. The quantitative estimate of drug-likeness (QED) is 0.896. The van der Waals surface area contributed by atoms with E-state index in [1.807, 2.05) is 6.92 Å². The van der Waals surface area contributed by atoms with Gasteiger partial charge in [0, 0.05) is 0 Å². The Balaban J connectivity index is 2.18. The van der Waals surface area contributed by atoms with Gasteiger partial charge in [0.25, 0.3) is 0 Å². The molecule has 1 aromatic rings. The molecule has 1 aliphatic heterocycles. The molecule has 2 aliphatic rings. The number of hydrogen-bond donors (Lipinski definition) is 1. The summed E-state index contributed by atoms with van der Waals surface area (Å²) in [5.74, 6) is 0.333. The van der Waals surface area contributed by atoms with Crippen molar-refractivity contribution in [1.29, 1.82) is 0 Å². The first-order chi connectivity index (χ1) is 8.56. The zero-order chi connectivity index (χ0) is 12.9. The Kier molecular flexibility index (Phi) is 2.45. The van der Waals surface area contributed by atoms with Crippen LogP contribution in [0, 0.1) is 6.92 Å². The van der Waals surface area contributed by atoms with Crippen LogP contribution in [0.4, 0.5) is 0 Å². The molecule has 1 aliphatic carbocycles. The summed E-state index contributed by atoms with van der Waals surface area (Å²) >= 11 is 6.16. The molecular formula is C13H13ClO4. The summed E-state index contributed by atoms with van der Waals surface area (Å²) in [5, 5.41) is 9.79. The molecule has 1 N–H and O–H groups in total. The Morgan fingerprint density at radius 1 is 1.33 bits per heavy atom. The van der Waals surface area contributed by atoms with Crippen molar-refractivity contribution in [1.82, 2.24) is 0 Å². The zero-order valence-electron chi connectivity index (χ0n) is 9.96. The van der Waals surface area contributed by atoms with Crippen LogP contribution in [0.25, 0.3) is 0 Å². The Morgan fingerprint density at radius 2 is 1.94 bits per heavy atom. The second kappa shape index (κ2) is 3.79. The average molecular weight is 269 g/mol. The van der Waals surface area contributed by atoms with Crippen molar-refractivity contribution in [3.8, 4) is 11.5 Å². The van der Waals surface area contributed by atoms with E-state index in [0.717, 1.165) is 11.1 Å². The summed E-state index contributed by atoms with van der Waals surface area (Å²) in [4.78, 5) is 11.4. The Labute approximate surface area is 109 Å². The van der Waals surface area contributed by atoms with Crippen LogP contribution in [0.1, 0.15) is 24.0 Å². The van der Waals surface area contributed by atoms with Gasteiger partial charge < -0.3 is 14.6 Å². The first-order valence-electron chi connectivity index (χ1n) is 5.89. The molecule has 18 heavy (non-hydrogen) atoms. The zero-order valence-corrected chi connectivity index (χ0v) is 10.7. The summed E-state index contributed by atoms with van der Waals surface area (Å²) in [6.45, 7) is 2.80. The lowest BCUT2D eigenvalue weighted by Crippen LogP contribution is -2.23. The Bertz CT molecular complexity index is 534. The van der Waals surface area contributed by atoms with E-state index in [1.54, 1.807) is 6.07 Å². The van der Waals surface area contributed by atoms with Gasteiger partial charge in [-0.25, -0.2) is 0 Å². The molecule has 0 unspecified atom stereocenters. The molecule has 0 aromatic heterocycles. The minimum Gasteiger partial charge on any atom is -0.486 e. The number of fused-ring (bicyclic) bond motifs is 1. The van der Waals surface area contributed by atoms with Crippen LogP contribution >= 0.6 is 11.6 Å².